The number of nitrogens with zero attached hydrogens (tertiary/aromatic N) is 4. The number of fused-ring (bicyclic) bond motifs is 2. The summed E-state index contributed by atoms with van der Waals surface area (Å²) in [5.74, 6) is 0.138. The third-order valence-corrected chi connectivity index (χ3v) is 9.04. The van der Waals surface area contributed by atoms with Crippen LogP contribution >= 0.6 is 22.7 Å². The molecule has 8 heteroatoms. The largest absolute Gasteiger partial charge is 0.380 e. The SMILES string of the molecule is Cc1nc(C)c(-c2csc(Cc3ccc(C(=O)N4[C@@H]5CC[C@H]4CC4(COC4)C5)cn3)n2)s1. The van der Waals surface area contributed by atoms with Gasteiger partial charge in [-0.2, -0.15) is 0 Å². The van der Waals surface area contributed by atoms with E-state index in [1.807, 2.05) is 26.0 Å². The number of piperidine rings is 1. The lowest BCUT2D eigenvalue weighted by atomic mass is 9.73. The summed E-state index contributed by atoms with van der Waals surface area (Å²) in [5, 5.41) is 4.19. The molecule has 2 bridgehead atoms. The first-order valence-electron chi connectivity index (χ1n) is 11.2. The second-order valence-corrected chi connectivity index (χ2v) is 11.6. The molecule has 6 heterocycles. The molecule has 3 aromatic heterocycles. The van der Waals surface area contributed by atoms with Gasteiger partial charge in [-0.15, -0.1) is 22.7 Å². The van der Waals surface area contributed by atoms with Gasteiger partial charge in [-0.25, -0.2) is 9.97 Å². The van der Waals surface area contributed by atoms with Gasteiger partial charge in [-0.1, -0.05) is 0 Å². The van der Waals surface area contributed by atoms with Crippen LogP contribution in [0.1, 0.15) is 57.4 Å². The Hall–Kier alpha value is -2.16. The lowest BCUT2D eigenvalue weighted by molar-refractivity contribution is -0.148. The van der Waals surface area contributed by atoms with Crippen molar-refractivity contribution in [3.05, 3.63) is 50.7 Å². The molecule has 0 unspecified atom stereocenters. The molecule has 2 atom stereocenters. The van der Waals surface area contributed by atoms with E-state index in [1.165, 1.54) is 0 Å². The highest BCUT2D eigenvalue weighted by Gasteiger charge is 2.53. The molecular weight excluding hydrogens is 440 g/mol. The van der Waals surface area contributed by atoms with Crippen molar-refractivity contribution in [1.82, 2.24) is 19.9 Å². The van der Waals surface area contributed by atoms with Crippen molar-refractivity contribution >= 4 is 28.6 Å². The number of ether oxygens (including phenoxy) is 1. The summed E-state index contributed by atoms with van der Waals surface area (Å²) in [6.45, 7) is 5.80. The number of thiazole rings is 2. The number of rotatable bonds is 4. The van der Waals surface area contributed by atoms with E-state index in [4.69, 9.17) is 9.72 Å². The van der Waals surface area contributed by atoms with Gasteiger partial charge in [0.1, 0.15) is 0 Å². The molecular formula is C24H26N4O2S2. The summed E-state index contributed by atoms with van der Waals surface area (Å²) in [6.07, 6.45) is 6.84. The highest BCUT2D eigenvalue weighted by atomic mass is 32.1. The summed E-state index contributed by atoms with van der Waals surface area (Å²) >= 11 is 3.33. The normalized spacial score (nSPS) is 23.5. The van der Waals surface area contributed by atoms with E-state index in [2.05, 4.69) is 20.2 Å². The van der Waals surface area contributed by atoms with Crippen molar-refractivity contribution in [1.29, 1.82) is 0 Å². The number of carbonyl (C=O) groups excluding carboxylic acids is 1. The Balaban J connectivity index is 1.14. The maximum atomic E-state index is 13.3. The average molecular weight is 467 g/mol. The molecule has 0 radical (unpaired) electrons. The van der Waals surface area contributed by atoms with Gasteiger partial charge in [-0.3, -0.25) is 9.78 Å². The predicted molar refractivity (Wildman–Crippen MR) is 125 cm³/mol. The van der Waals surface area contributed by atoms with E-state index >= 15 is 0 Å². The zero-order chi connectivity index (χ0) is 21.9. The van der Waals surface area contributed by atoms with E-state index < -0.39 is 0 Å². The van der Waals surface area contributed by atoms with Crippen LogP contribution < -0.4 is 0 Å². The fourth-order valence-corrected chi connectivity index (χ4v) is 7.38. The van der Waals surface area contributed by atoms with Crippen molar-refractivity contribution in [3.8, 4) is 10.6 Å². The van der Waals surface area contributed by atoms with E-state index in [0.717, 1.165) is 70.9 Å². The van der Waals surface area contributed by atoms with Crippen LogP contribution in [0.3, 0.4) is 0 Å². The summed E-state index contributed by atoms with van der Waals surface area (Å²) in [6, 6.07) is 4.63. The Morgan fingerprint density at radius 1 is 1.19 bits per heavy atom. The molecule has 0 aromatic carbocycles. The third-order valence-electron chi connectivity index (χ3n) is 7.10. The monoisotopic (exact) mass is 466 g/mol. The van der Waals surface area contributed by atoms with Gasteiger partial charge in [0.25, 0.3) is 5.91 Å². The number of carbonyl (C=O) groups is 1. The predicted octanol–water partition coefficient (Wildman–Crippen LogP) is 4.65. The van der Waals surface area contributed by atoms with Gasteiger partial charge in [0.05, 0.1) is 45.1 Å². The van der Waals surface area contributed by atoms with Gasteiger partial charge >= 0.3 is 0 Å². The maximum Gasteiger partial charge on any atom is 0.255 e. The third kappa shape index (κ3) is 3.49. The van der Waals surface area contributed by atoms with Crippen LogP contribution in [0.25, 0.3) is 10.6 Å². The van der Waals surface area contributed by atoms with Gasteiger partial charge < -0.3 is 9.64 Å². The van der Waals surface area contributed by atoms with E-state index in [1.54, 1.807) is 28.9 Å². The Labute approximate surface area is 195 Å². The minimum absolute atomic E-state index is 0.138. The van der Waals surface area contributed by atoms with Crippen molar-refractivity contribution in [2.24, 2.45) is 5.41 Å². The first-order valence-corrected chi connectivity index (χ1v) is 12.9. The molecule has 6 nitrogen and oxygen atoms in total. The number of aryl methyl sites for hydroxylation is 2. The average Bonchev–Trinajstić information content (AvgIpc) is 3.42. The summed E-state index contributed by atoms with van der Waals surface area (Å²) in [7, 11) is 0. The molecule has 6 rings (SSSR count). The molecule has 3 aromatic rings. The fraction of sp³-hybridized carbons (Fsp3) is 0.500. The summed E-state index contributed by atoms with van der Waals surface area (Å²) in [5.41, 5.74) is 4.00. The summed E-state index contributed by atoms with van der Waals surface area (Å²) < 4.78 is 5.50. The van der Waals surface area contributed by atoms with Crippen LogP contribution in [0, 0.1) is 19.3 Å². The van der Waals surface area contributed by atoms with Crippen molar-refractivity contribution in [2.45, 2.75) is 58.0 Å². The van der Waals surface area contributed by atoms with Crippen molar-refractivity contribution in [3.63, 3.8) is 0 Å². The second-order valence-electron chi connectivity index (χ2n) is 9.49. The molecule has 3 aliphatic rings. The van der Waals surface area contributed by atoms with Gasteiger partial charge in [0.15, 0.2) is 0 Å². The quantitative estimate of drug-likeness (QED) is 0.560. The molecule has 0 saturated carbocycles. The first kappa shape index (κ1) is 20.4. The Kier molecular flexibility index (Phi) is 4.93. The zero-order valence-electron chi connectivity index (χ0n) is 18.3. The van der Waals surface area contributed by atoms with E-state index in [9.17, 15) is 4.79 Å². The zero-order valence-corrected chi connectivity index (χ0v) is 20.0. The lowest BCUT2D eigenvalue weighted by Crippen LogP contribution is -2.56. The Morgan fingerprint density at radius 2 is 1.97 bits per heavy atom. The topological polar surface area (TPSA) is 68.2 Å². The minimum Gasteiger partial charge on any atom is -0.380 e. The van der Waals surface area contributed by atoms with Crippen molar-refractivity contribution in [2.75, 3.05) is 13.2 Å². The molecule has 32 heavy (non-hydrogen) atoms. The van der Waals surface area contributed by atoms with Crippen LogP contribution in [0.5, 0.6) is 0 Å². The molecule has 1 amide bonds. The van der Waals surface area contributed by atoms with E-state index in [0.29, 0.717) is 29.5 Å². The molecule has 1 spiro atoms. The number of pyridine rings is 1. The van der Waals surface area contributed by atoms with E-state index in [-0.39, 0.29) is 5.91 Å². The van der Waals surface area contributed by atoms with Crippen LogP contribution in [0.4, 0.5) is 0 Å². The number of aromatic nitrogens is 3. The Morgan fingerprint density at radius 3 is 2.56 bits per heavy atom. The molecule has 166 valence electrons. The second kappa shape index (κ2) is 7.71. The van der Waals surface area contributed by atoms with Crippen molar-refractivity contribution < 1.29 is 9.53 Å². The van der Waals surface area contributed by atoms with Gasteiger partial charge in [0, 0.05) is 41.2 Å². The summed E-state index contributed by atoms with van der Waals surface area (Å²) in [4.78, 5) is 30.5. The smallest absolute Gasteiger partial charge is 0.255 e. The fourth-order valence-electron chi connectivity index (χ4n) is 5.63. The number of hydrogen-bond acceptors (Lipinski definition) is 7. The first-order chi connectivity index (χ1) is 15.5. The van der Waals surface area contributed by atoms with Gasteiger partial charge in [-0.05, 0) is 51.7 Å². The minimum atomic E-state index is 0.138. The maximum absolute atomic E-state index is 13.3. The van der Waals surface area contributed by atoms with Crippen LogP contribution in [0.2, 0.25) is 0 Å². The molecule has 3 saturated heterocycles. The highest BCUT2D eigenvalue weighted by molar-refractivity contribution is 7.16. The van der Waals surface area contributed by atoms with Gasteiger partial charge in [0.2, 0.25) is 0 Å². The Bertz CT molecular complexity index is 1150. The number of hydrogen-bond donors (Lipinski definition) is 0. The number of amides is 1. The molecule has 0 N–H and O–H groups in total. The molecule has 0 aliphatic carbocycles. The highest BCUT2D eigenvalue weighted by Crippen LogP contribution is 2.49. The standard InChI is InChI=1S/C24H26N4O2S2/c1-14-22(32-15(2)26-14)20-11-31-21(27-20)7-17-4-3-16(10-25-17)23(29)28-18-5-6-19(28)9-24(8-18)12-30-13-24/h3-4,10-11,18-19H,5-9,12-13H2,1-2H3/t18-,19+. The van der Waals surface area contributed by atoms with Crippen LogP contribution in [-0.4, -0.2) is 51.1 Å². The lowest BCUT2D eigenvalue weighted by Gasteiger charge is -2.51. The molecule has 3 fully saturated rings. The van der Waals surface area contributed by atoms with Crippen LogP contribution in [0.15, 0.2) is 23.7 Å². The van der Waals surface area contributed by atoms with Crippen LogP contribution in [-0.2, 0) is 11.2 Å². The molecule has 3 aliphatic heterocycles.